The number of thiazole rings is 1. The van der Waals surface area contributed by atoms with Gasteiger partial charge in [0.1, 0.15) is 10.6 Å². The van der Waals surface area contributed by atoms with Gasteiger partial charge < -0.3 is 0 Å². The minimum absolute atomic E-state index is 0.653. The van der Waals surface area contributed by atoms with Crippen LogP contribution in [0.15, 0.2) is 29.8 Å². The van der Waals surface area contributed by atoms with Gasteiger partial charge in [0.15, 0.2) is 0 Å². The van der Waals surface area contributed by atoms with Crippen molar-refractivity contribution in [2.45, 2.75) is 0 Å². The van der Waals surface area contributed by atoms with E-state index >= 15 is 0 Å². The number of rotatable bonds is 2. The minimum atomic E-state index is 0.653. The normalized spacial score (nSPS) is 10.1. The van der Waals surface area contributed by atoms with Gasteiger partial charge in [-0.25, -0.2) is 4.98 Å². The van der Waals surface area contributed by atoms with Crippen LogP contribution in [0, 0.1) is 0 Å². The Bertz CT molecular complexity index is 449. The Labute approximate surface area is 90.2 Å². The lowest BCUT2D eigenvalue weighted by Crippen LogP contribution is -1.81. The van der Waals surface area contributed by atoms with Gasteiger partial charge in [0.05, 0.1) is 11.2 Å². The lowest BCUT2D eigenvalue weighted by atomic mass is 10.1. The molecule has 0 saturated carbocycles. The molecule has 0 aliphatic heterocycles. The molecule has 0 bridgehead atoms. The van der Waals surface area contributed by atoms with Gasteiger partial charge >= 0.3 is 0 Å². The summed E-state index contributed by atoms with van der Waals surface area (Å²) in [6, 6.07) is 7.17. The highest BCUT2D eigenvalue weighted by molar-refractivity contribution is 7.14. The second-order valence-corrected chi connectivity index (χ2v) is 4.17. The number of hydrogen-bond donors (Lipinski definition) is 0. The van der Waals surface area contributed by atoms with Crippen molar-refractivity contribution in [3.63, 3.8) is 0 Å². The van der Waals surface area contributed by atoms with Gasteiger partial charge in [-0.1, -0.05) is 35.9 Å². The molecule has 1 aromatic heterocycles. The maximum absolute atomic E-state index is 10.4. The number of carbonyl (C=O) groups excluding carboxylic acids is 1. The van der Waals surface area contributed by atoms with Crippen LogP contribution in [0.1, 0.15) is 10.4 Å². The molecule has 0 aliphatic rings. The number of hydrogen-bond acceptors (Lipinski definition) is 3. The summed E-state index contributed by atoms with van der Waals surface area (Å²) in [4.78, 5) is 14.6. The quantitative estimate of drug-likeness (QED) is 0.732. The van der Waals surface area contributed by atoms with Crippen LogP contribution in [0.5, 0.6) is 0 Å². The van der Waals surface area contributed by atoms with Crippen LogP contribution in [0.3, 0.4) is 0 Å². The smallest absolute Gasteiger partial charge is 0.150 e. The van der Waals surface area contributed by atoms with Gasteiger partial charge in [0, 0.05) is 11.1 Å². The Hall–Kier alpha value is -1.19. The number of benzene rings is 1. The summed E-state index contributed by atoms with van der Waals surface area (Å²) in [5.74, 6) is 0. The Balaban J connectivity index is 2.43. The molecule has 0 spiro atoms. The second-order valence-electron chi connectivity index (χ2n) is 2.71. The highest BCUT2D eigenvalue weighted by atomic mass is 35.5. The molecule has 0 atom stereocenters. The first-order chi connectivity index (χ1) is 6.81. The number of aromatic nitrogens is 1. The van der Waals surface area contributed by atoms with E-state index in [0.29, 0.717) is 9.90 Å². The van der Waals surface area contributed by atoms with Crippen LogP contribution in [0.4, 0.5) is 0 Å². The molecule has 70 valence electrons. The predicted octanol–water partition coefficient (Wildman–Crippen LogP) is 3.28. The highest BCUT2D eigenvalue weighted by Gasteiger charge is 2.05. The van der Waals surface area contributed by atoms with E-state index in [0.717, 1.165) is 17.5 Å². The van der Waals surface area contributed by atoms with Crippen molar-refractivity contribution in [1.29, 1.82) is 0 Å². The molecule has 0 aliphatic carbocycles. The summed E-state index contributed by atoms with van der Waals surface area (Å²) in [5.41, 5.74) is 4.06. The molecule has 0 saturated heterocycles. The predicted molar refractivity (Wildman–Crippen MR) is 57.9 cm³/mol. The van der Waals surface area contributed by atoms with E-state index in [1.54, 1.807) is 17.6 Å². The molecule has 0 amide bonds. The molecule has 14 heavy (non-hydrogen) atoms. The zero-order valence-corrected chi connectivity index (χ0v) is 8.68. The molecule has 4 heteroatoms. The van der Waals surface area contributed by atoms with Crippen LogP contribution < -0.4 is 0 Å². The number of aldehydes is 1. The first-order valence-corrected chi connectivity index (χ1v) is 5.21. The average molecular weight is 224 g/mol. The van der Waals surface area contributed by atoms with Crippen molar-refractivity contribution >= 4 is 29.2 Å². The minimum Gasteiger partial charge on any atom is -0.298 e. The topological polar surface area (TPSA) is 30.0 Å². The molecular formula is C10H6ClNOS. The molecule has 1 heterocycles. The fourth-order valence-corrected chi connectivity index (χ4v) is 1.95. The third-order valence-corrected chi connectivity index (χ3v) is 2.90. The SMILES string of the molecule is O=Cc1ccc(-c2ncsc2Cl)cc1. The van der Waals surface area contributed by atoms with Crippen molar-refractivity contribution in [3.8, 4) is 11.3 Å². The summed E-state index contributed by atoms with van der Waals surface area (Å²) in [6.45, 7) is 0. The lowest BCUT2D eigenvalue weighted by Gasteiger charge is -1.97. The largest absolute Gasteiger partial charge is 0.298 e. The molecule has 2 nitrogen and oxygen atoms in total. The first-order valence-electron chi connectivity index (χ1n) is 3.96. The third kappa shape index (κ3) is 1.69. The van der Waals surface area contributed by atoms with Gasteiger partial charge in [-0.3, -0.25) is 4.79 Å². The molecule has 0 unspecified atom stereocenters. The van der Waals surface area contributed by atoms with E-state index in [2.05, 4.69) is 4.98 Å². The van der Waals surface area contributed by atoms with Gasteiger partial charge in [-0.15, -0.1) is 11.3 Å². The Morgan fingerprint density at radius 1 is 1.29 bits per heavy atom. The van der Waals surface area contributed by atoms with E-state index < -0.39 is 0 Å². The second kappa shape index (κ2) is 3.90. The Kier molecular flexibility index (Phi) is 2.61. The van der Waals surface area contributed by atoms with Crippen molar-refractivity contribution < 1.29 is 4.79 Å². The van der Waals surface area contributed by atoms with Crippen LogP contribution in [0.2, 0.25) is 4.34 Å². The summed E-state index contributed by atoms with van der Waals surface area (Å²) in [7, 11) is 0. The van der Waals surface area contributed by atoms with E-state index in [4.69, 9.17) is 11.6 Å². The first kappa shape index (κ1) is 9.37. The standard InChI is InChI=1S/C10H6ClNOS/c11-10-9(12-6-14-10)8-3-1-7(5-13)2-4-8/h1-6H. The maximum Gasteiger partial charge on any atom is 0.150 e. The summed E-state index contributed by atoms with van der Waals surface area (Å²) in [5, 5.41) is 0. The monoisotopic (exact) mass is 223 g/mol. The van der Waals surface area contributed by atoms with Gasteiger partial charge in [-0.2, -0.15) is 0 Å². The summed E-state index contributed by atoms with van der Waals surface area (Å²) in [6.07, 6.45) is 0.812. The van der Waals surface area contributed by atoms with E-state index in [1.807, 2.05) is 12.1 Å². The van der Waals surface area contributed by atoms with E-state index in [-0.39, 0.29) is 0 Å². The fourth-order valence-electron chi connectivity index (χ4n) is 1.14. The van der Waals surface area contributed by atoms with Crippen LogP contribution in [-0.4, -0.2) is 11.3 Å². The van der Waals surface area contributed by atoms with E-state index in [9.17, 15) is 4.79 Å². The van der Waals surface area contributed by atoms with Crippen LogP contribution in [0.25, 0.3) is 11.3 Å². The Morgan fingerprint density at radius 3 is 2.50 bits per heavy atom. The van der Waals surface area contributed by atoms with Crippen molar-refractivity contribution in [2.24, 2.45) is 0 Å². The van der Waals surface area contributed by atoms with Crippen LogP contribution in [-0.2, 0) is 0 Å². The van der Waals surface area contributed by atoms with Crippen molar-refractivity contribution in [1.82, 2.24) is 4.98 Å². The highest BCUT2D eigenvalue weighted by Crippen LogP contribution is 2.29. The van der Waals surface area contributed by atoms with Gasteiger partial charge in [0.25, 0.3) is 0 Å². The molecule has 0 N–H and O–H groups in total. The van der Waals surface area contributed by atoms with Gasteiger partial charge in [0.2, 0.25) is 0 Å². The number of halogens is 1. The summed E-state index contributed by atoms with van der Waals surface area (Å²) < 4.78 is 0.670. The number of carbonyl (C=O) groups is 1. The van der Waals surface area contributed by atoms with Gasteiger partial charge in [-0.05, 0) is 0 Å². The average Bonchev–Trinajstić information content (AvgIpc) is 2.65. The molecule has 2 rings (SSSR count). The molecular weight excluding hydrogens is 218 g/mol. The van der Waals surface area contributed by atoms with Crippen molar-refractivity contribution in [2.75, 3.05) is 0 Å². The zero-order chi connectivity index (χ0) is 9.97. The van der Waals surface area contributed by atoms with E-state index in [1.165, 1.54) is 11.3 Å². The van der Waals surface area contributed by atoms with Crippen molar-refractivity contribution in [3.05, 3.63) is 39.7 Å². The molecule has 1 aromatic carbocycles. The lowest BCUT2D eigenvalue weighted by molar-refractivity contribution is 0.112. The number of nitrogens with zero attached hydrogens (tertiary/aromatic N) is 1. The fraction of sp³-hybridized carbons (Fsp3) is 0. The molecule has 0 fully saturated rings. The molecule has 0 radical (unpaired) electrons. The molecule has 2 aromatic rings. The zero-order valence-electron chi connectivity index (χ0n) is 7.11. The van der Waals surface area contributed by atoms with Crippen LogP contribution >= 0.6 is 22.9 Å². The summed E-state index contributed by atoms with van der Waals surface area (Å²) >= 11 is 7.33. The third-order valence-electron chi connectivity index (χ3n) is 1.84. The Morgan fingerprint density at radius 2 is 2.00 bits per heavy atom. The maximum atomic E-state index is 10.4.